The summed E-state index contributed by atoms with van der Waals surface area (Å²) in [7, 11) is 0. The molecule has 0 aromatic carbocycles. The first-order valence-corrected chi connectivity index (χ1v) is 12.9. The van der Waals surface area contributed by atoms with Crippen molar-refractivity contribution >= 4 is 0 Å². The van der Waals surface area contributed by atoms with E-state index in [1.807, 2.05) is 0 Å². The van der Waals surface area contributed by atoms with E-state index in [1.165, 1.54) is 25.7 Å². The predicted octanol–water partition coefficient (Wildman–Crippen LogP) is 6.54. The quantitative estimate of drug-likeness (QED) is 0.420. The molecule has 30 heavy (non-hydrogen) atoms. The van der Waals surface area contributed by atoms with Crippen molar-refractivity contribution in [2.45, 2.75) is 104 Å². The first kappa shape index (κ1) is 21.3. The van der Waals surface area contributed by atoms with Gasteiger partial charge in [0.2, 0.25) is 0 Å². The lowest BCUT2D eigenvalue weighted by Crippen LogP contribution is -2.55. The Morgan fingerprint density at radius 2 is 1.77 bits per heavy atom. The molecule has 0 radical (unpaired) electrons. The molecule has 3 saturated carbocycles. The summed E-state index contributed by atoms with van der Waals surface area (Å²) in [5.41, 5.74) is 2.43. The fraction of sp³-hybridized carbons (Fsp3) is 0.857. The first-order chi connectivity index (χ1) is 14.1. The van der Waals surface area contributed by atoms with Crippen LogP contribution in [0.3, 0.4) is 0 Å². The second-order valence-corrected chi connectivity index (χ2v) is 12.5. The Balaban J connectivity index is 1.39. The maximum absolute atomic E-state index is 10.4. The average molecular weight is 413 g/mol. The predicted molar refractivity (Wildman–Crippen MR) is 123 cm³/mol. The second kappa shape index (κ2) is 6.95. The Morgan fingerprint density at radius 3 is 2.50 bits per heavy atom. The van der Waals surface area contributed by atoms with Gasteiger partial charge < -0.3 is 9.84 Å². The fourth-order valence-corrected chi connectivity index (χ4v) is 8.57. The van der Waals surface area contributed by atoms with E-state index in [1.54, 1.807) is 5.57 Å². The molecule has 1 spiro atoms. The van der Waals surface area contributed by atoms with Crippen LogP contribution in [0.4, 0.5) is 0 Å². The van der Waals surface area contributed by atoms with Crippen molar-refractivity contribution in [3.05, 3.63) is 23.8 Å². The van der Waals surface area contributed by atoms with Crippen LogP contribution >= 0.6 is 0 Å². The third-order valence-corrected chi connectivity index (χ3v) is 11.0. The maximum Gasteiger partial charge on any atom is 0.114 e. The number of hydrogen-bond acceptors (Lipinski definition) is 2. The number of epoxide rings is 1. The molecule has 1 N–H and O–H groups in total. The highest BCUT2D eigenvalue weighted by atomic mass is 16.6. The lowest BCUT2D eigenvalue weighted by atomic mass is 9.47. The third-order valence-electron chi connectivity index (χ3n) is 11.0. The van der Waals surface area contributed by atoms with Crippen LogP contribution in [0, 0.1) is 46.3 Å². The van der Waals surface area contributed by atoms with Gasteiger partial charge in [-0.2, -0.15) is 0 Å². The number of aliphatic hydroxyl groups excluding tert-OH is 1. The molecule has 1 unspecified atom stereocenters. The normalized spacial score (nSPS) is 51.6. The second-order valence-electron chi connectivity index (χ2n) is 12.5. The summed E-state index contributed by atoms with van der Waals surface area (Å²) in [6.07, 6.45) is 16.0. The zero-order valence-corrected chi connectivity index (χ0v) is 20.2. The highest BCUT2D eigenvalue weighted by molar-refractivity contribution is 5.35. The highest BCUT2D eigenvalue weighted by Gasteiger charge is 2.74. The van der Waals surface area contributed by atoms with Gasteiger partial charge in [-0.3, -0.25) is 0 Å². The number of rotatable bonds is 4. The summed E-state index contributed by atoms with van der Waals surface area (Å²) in [6, 6.07) is 0. The Labute approximate surface area is 184 Å². The van der Waals surface area contributed by atoms with Crippen LogP contribution in [0.25, 0.3) is 0 Å². The van der Waals surface area contributed by atoms with Gasteiger partial charge in [-0.1, -0.05) is 65.3 Å². The number of allylic oxidation sites excluding steroid dienone is 3. The van der Waals surface area contributed by atoms with Crippen molar-refractivity contribution in [2.24, 2.45) is 46.3 Å². The monoisotopic (exact) mass is 412 g/mol. The van der Waals surface area contributed by atoms with E-state index in [4.69, 9.17) is 4.74 Å². The molecule has 0 amide bonds. The van der Waals surface area contributed by atoms with Crippen LogP contribution < -0.4 is 0 Å². The van der Waals surface area contributed by atoms with Gasteiger partial charge in [-0.25, -0.2) is 0 Å². The molecular formula is C28H44O2. The van der Waals surface area contributed by atoms with E-state index < -0.39 is 0 Å². The van der Waals surface area contributed by atoms with E-state index in [2.05, 4.69) is 59.8 Å². The summed E-state index contributed by atoms with van der Waals surface area (Å²) in [5, 5.41) is 10.4. The van der Waals surface area contributed by atoms with E-state index in [0.717, 1.165) is 37.0 Å². The van der Waals surface area contributed by atoms with Gasteiger partial charge >= 0.3 is 0 Å². The van der Waals surface area contributed by atoms with Crippen molar-refractivity contribution in [2.75, 3.05) is 0 Å². The minimum Gasteiger partial charge on any atom is -0.390 e. The Hall–Kier alpha value is -0.600. The van der Waals surface area contributed by atoms with Gasteiger partial charge in [0, 0.05) is 5.41 Å². The van der Waals surface area contributed by atoms with E-state index >= 15 is 0 Å². The molecular weight excluding hydrogens is 368 g/mol. The largest absolute Gasteiger partial charge is 0.390 e. The molecule has 5 aliphatic rings. The highest BCUT2D eigenvalue weighted by Crippen LogP contribution is 2.72. The summed E-state index contributed by atoms with van der Waals surface area (Å²) in [5.74, 6) is 4.30. The smallest absolute Gasteiger partial charge is 0.114 e. The Bertz CT molecular complexity index is 752. The topological polar surface area (TPSA) is 32.8 Å². The molecule has 5 rings (SSSR count). The fourth-order valence-electron chi connectivity index (χ4n) is 8.57. The van der Waals surface area contributed by atoms with Crippen LogP contribution in [-0.4, -0.2) is 22.9 Å². The summed E-state index contributed by atoms with van der Waals surface area (Å²) >= 11 is 0. The summed E-state index contributed by atoms with van der Waals surface area (Å²) in [6.45, 7) is 14.6. The standard InChI is InChI=1S/C28H44O2/c1-17(2)18(3)7-8-19(4)21-9-10-22-20-11-16-28-25(30-28)24(29)13-15-27(28,6)23(20)12-14-26(21,22)5/h7-8,11,17-19,21-25,29H,9-10,12-16H2,1-6H3/b8-7+/t18-,19+,21+,22-,23?,24-,25+,26+,27+,28+/m0/s1. The first-order valence-electron chi connectivity index (χ1n) is 12.9. The van der Waals surface area contributed by atoms with Crippen LogP contribution in [-0.2, 0) is 4.74 Å². The molecule has 1 heterocycles. The summed E-state index contributed by atoms with van der Waals surface area (Å²) < 4.78 is 6.30. The number of fused-ring (bicyclic) bond motifs is 4. The Kier molecular flexibility index (Phi) is 4.92. The number of aliphatic hydroxyl groups is 1. The minimum absolute atomic E-state index is 0.0480. The number of ether oxygens (including phenoxy) is 1. The lowest BCUT2D eigenvalue weighted by Gasteiger charge is -2.56. The van der Waals surface area contributed by atoms with Crippen LogP contribution in [0.1, 0.15) is 86.5 Å². The zero-order chi connectivity index (χ0) is 21.5. The Morgan fingerprint density at radius 1 is 1.00 bits per heavy atom. The van der Waals surface area contributed by atoms with Gasteiger partial charge in [0.1, 0.15) is 11.7 Å². The molecule has 1 saturated heterocycles. The van der Waals surface area contributed by atoms with Crippen molar-refractivity contribution in [3.8, 4) is 0 Å². The van der Waals surface area contributed by atoms with Gasteiger partial charge in [-0.05, 0) is 85.9 Å². The van der Waals surface area contributed by atoms with Crippen LogP contribution in [0.2, 0.25) is 0 Å². The van der Waals surface area contributed by atoms with Crippen molar-refractivity contribution < 1.29 is 9.84 Å². The minimum atomic E-state index is -0.237. The van der Waals surface area contributed by atoms with Gasteiger partial charge in [0.05, 0.1) is 6.10 Å². The SMILES string of the molecule is CC(C)[C@@H](C)/C=C/[C@@H](C)[C@H]1CC[C@H]2C3=CC[C@@]45O[C@@H]4[C@@H](O)CC[C@]5(C)C3CC[C@]12C. The molecule has 4 fully saturated rings. The molecule has 10 atom stereocenters. The third kappa shape index (κ3) is 2.75. The van der Waals surface area contributed by atoms with Crippen LogP contribution in [0.15, 0.2) is 23.8 Å². The van der Waals surface area contributed by atoms with E-state index in [0.29, 0.717) is 23.2 Å². The number of hydrogen-bond donors (Lipinski definition) is 1. The molecule has 0 bridgehead atoms. The van der Waals surface area contributed by atoms with Crippen molar-refractivity contribution in [1.29, 1.82) is 0 Å². The molecule has 1 aliphatic heterocycles. The van der Waals surface area contributed by atoms with E-state index in [-0.39, 0.29) is 23.2 Å². The van der Waals surface area contributed by atoms with Gasteiger partial charge in [0.15, 0.2) is 0 Å². The van der Waals surface area contributed by atoms with Crippen LogP contribution in [0.5, 0.6) is 0 Å². The van der Waals surface area contributed by atoms with Gasteiger partial charge in [0.25, 0.3) is 0 Å². The average Bonchev–Trinajstić information content (AvgIpc) is 3.35. The molecule has 4 aliphatic carbocycles. The molecule has 0 aromatic heterocycles. The van der Waals surface area contributed by atoms with E-state index in [9.17, 15) is 5.11 Å². The molecule has 2 heteroatoms. The maximum atomic E-state index is 10.4. The molecule has 0 aromatic rings. The summed E-state index contributed by atoms with van der Waals surface area (Å²) in [4.78, 5) is 0. The van der Waals surface area contributed by atoms with Crippen molar-refractivity contribution in [3.63, 3.8) is 0 Å². The zero-order valence-electron chi connectivity index (χ0n) is 20.2. The lowest BCUT2D eigenvalue weighted by molar-refractivity contribution is -0.0196. The molecule has 2 nitrogen and oxygen atoms in total. The van der Waals surface area contributed by atoms with Gasteiger partial charge in [-0.15, -0.1) is 0 Å². The molecule has 168 valence electrons. The van der Waals surface area contributed by atoms with Crippen molar-refractivity contribution in [1.82, 2.24) is 0 Å².